The highest BCUT2D eigenvalue weighted by molar-refractivity contribution is 7.98. The summed E-state index contributed by atoms with van der Waals surface area (Å²) in [5.74, 6) is 1.01. The number of hydrogen-bond acceptors (Lipinski definition) is 5. The van der Waals surface area contributed by atoms with Crippen molar-refractivity contribution in [3.05, 3.63) is 76.2 Å². The zero-order chi connectivity index (χ0) is 22.5. The molecule has 3 rings (SSSR count). The van der Waals surface area contributed by atoms with E-state index in [1.807, 2.05) is 64.1 Å². The van der Waals surface area contributed by atoms with Crippen LogP contribution in [0.25, 0.3) is 0 Å². The Labute approximate surface area is 187 Å². The summed E-state index contributed by atoms with van der Waals surface area (Å²) in [5, 5.41) is 6.89. The van der Waals surface area contributed by atoms with E-state index in [1.54, 1.807) is 24.9 Å². The van der Waals surface area contributed by atoms with Gasteiger partial charge in [-0.3, -0.25) is 9.59 Å². The van der Waals surface area contributed by atoms with Crippen molar-refractivity contribution in [1.82, 2.24) is 10.1 Å². The van der Waals surface area contributed by atoms with Gasteiger partial charge in [0.25, 0.3) is 5.91 Å². The largest absolute Gasteiger partial charge is 0.361 e. The van der Waals surface area contributed by atoms with E-state index in [1.165, 1.54) is 4.90 Å². The van der Waals surface area contributed by atoms with E-state index in [0.717, 1.165) is 38.7 Å². The van der Waals surface area contributed by atoms with Crippen LogP contribution in [0.1, 0.15) is 38.5 Å². The molecule has 2 aromatic carbocycles. The number of hydrogen-bond donors (Lipinski definition) is 1. The standard InChI is InChI=1S/C24H27N3O3S/c1-15-9-8-11-21(16(15)2)25-23(28)13-27(5)24(29)19-10-6-7-12-22(19)31-14-20-17(3)26-30-18(20)4/h6-12H,13-14H2,1-5H3,(H,25,28). The van der Waals surface area contributed by atoms with Crippen LogP contribution in [-0.2, 0) is 10.5 Å². The van der Waals surface area contributed by atoms with Gasteiger partial charge in [-0.25, -0.2) is 0 Å². The molecule has 0 aliphatic carbocycles. The number of carbonyl (C=O) groups is 2. The van der Waals surface area contributed by atoms with Crippen molar-refractivity contribution >= 4 is 29.3 Å². The first-order valence-corrected chi connectivity index (χ1v) is 11.0. The summed E-state index contributed by atoms with van der Waals surface area (Å²) in [6.07, 6.45) is 0. The molecule has 0 aliphatic rings. The minimum atomic E-state index is -0.231. The van der Waals surface area contributed by atoms with Crippen molar-refractivity contribution in [3.63, 3.8) is 0 Å². The van der Waals surface area contributed by atoms with Gasteiger partial charge in [0.1, 0.15) is 5.76 Å². The van der Waals surface area contributed by atoms with Gasteiger partial charge in [-0.15, -0.1) is 11.8 Å². The number of benzene rings is 2. The highest BCUT2D eigenvalue weighted by Crippen LogP contribution is 2.29. The van der Waals surface area contributed by atoms with Crippen molar-refractivity contribution in [2.75, 3.05) is 18.9 Å². The maximum Gasteiger partial charge on any atom is 0.255 e. The third-order valence-electron chi connectivity index (χ3n) is 5.28. The van der Waals surface area contributed by atoms with Crippen molar-refractivity contribution in [2.45, 2.75) is 38.3 Å². The number of thioether (sulfide) groups is 1. The molecule has 0 spiro atoms. The zero-order valence-corrected chi connectivity index (χ0v) is 19.3. The van der Waals surface area contributed by atoms with Gasteiger partial charge in [0.05, 0.1) is 17.8 Å². The molecule has 0 saturated heterocycles. The highest BCUT2D eigenvalue weighted by Gasteiger charge is 2.19. The number of nitrogens with zero attached hydrogens (tertiary/aromatic N) is 2. The smallest absolute Gasteiger partial charge is 0.255 e. The number of aryl methyl sites for hydroxylation is 3. The van der Waals surface area contributed by atoms with Gasteiger partial charge in [-0.05, 0) is 57.0 Å². The molecule has 0 saturated carbocycles. The van der Waals surface area contributed by atoms with E-state index in [9.17, 15) is 9.59 Å². The second kappa shape index (κ2) is 9.83. The summed E-state index contributed by atoms with van der Waals surface area (Å²) in [4.78, 5) is 27.9. The van der Waals surface area contributed by atoms with E-state index in [4.69, 9.17) is 4.52 Å². The summed E-state index contributed by atoms with van der Waals surface area (Å²) < 4.78 is 5.22. The molecule has 1 aromatic heterocycles. The molecule has 6 nitrogen and oxygen atoms in total. The molecule has 0 fully saturated rings. The van der Waals surface area contributed by atoms with Gasteiger partial charge in [0.15, 0.2) is 0 Å². The maximum atomic E-state index is 13.1. The summed E-state index contributed by atoms with van der Waals surface area (Å²) in [7, 11) is 1.64. The summed E-state index contributed by atoms with van der Waals surface area (Å²) >= 11 is 1.56. The quantitative estimate of drug-likeness (QED) is 0.532. The molecule has 7 heteroatoms. The molecule has 0 unspecified atom stereocenters. The van der Waals surface area contributed by atoms with Gasteiger partial charge >= 0.3 is 0 Å². The van der Waals surface area contributed by atoms with E-state index < -0.39 is 0 Å². The van der Waals surface area contributed by atoms with Gasteiger partial charge in [-0.2, -0.15) is 0 Å². The maximum absolute atomic E-state index is 13.1. The van der Waals surface area contributed by atoms with E-state index in [-0.39, 0.29) is 18.4 Å². The summed E-state index contributed by atoms with van der Waals surface area (Å²) in [6, 6.07) is 13.2. The Kier molecular flexibility index (Phi) is 7.17. The predicted molar refractivity (Wildman–Crippen MR) is 123 cm³/mol. The average Bonchev–Trinajstić information content (AvgIpc) is 3.07. The number of likely N-dealkylation sites (N-methyl/N-ethyl adjacent to an activating group) is 1. The van der Waals surface area contributed by atoms with Crippen LogP contribution >= 0.6 is 11.8 Å². The molecule has 2 amide bonds. The van der Waals surface area contributed by atoms with E-state index in [0.29, 0.717) is 11.3 Å². The molecular weight excluding hydrogens is 410 g/mol. The number of amides is 2. The van der Waals surface area contributed by atoms with Crippen LogP contribution < -0.4 is 5.32 Å². The molecule has 1 N–H and O–H groups in total. The first-order valence-electron chi connectivity index (χ1n) is 10.0. The first kappa shape index (κ1) is 22.6. The van der Waals surface area contributed by atoms with Crippen LogP contribution in [0.2, 0.25) is 0 Å². The molecule has 162 valence electrons. The number of rotatable bonds is 7. The Morgan fingerprint density at radius 3 is 2.52 bits per heavy atom. The Hall–Kier alpha value is -3.06. The average molecular weight is 438 g/mol. The second-order valence-corrected chi connectivity index (χ2v) is 8.56. The van der Waals surface area contributed by atoms with Crippen molar-refractivity contribution in [2.24, 2.45) is 0 Å². The molecular formula is C24H27N3O3S. The van der Waals surface area contributed by atoms with Gasteiger partial charge in [0, 0.05) is 28.9 Å². The molecule has 0 aliphatic heterocycles. The highest BCUT2D eigenvalue weighted by atomic mass is 32.2. The van der Waals surface area contributed by atoms with Gasteiger partial charge in [-0.1, -0.05) is 29.4 Å². The fourth-order valence-electron chi connectivity index (χ4n) is 3.20. The molecule has 0 atom stereocenters. The molecule has 3 aromatic rings. The van der Waals surface area contributed by atoms with Crippen molar-refractivity contribution in [3.8, 4) is 0 Å². The first-order chi connectivity index (χ1) is 14.8. The van der Waals surface area contributed by atoms with Crippen LogP contribution in [0.5, 0.6) is 0 Å². The lowest BCUT2D eigenvalue weighted by Crippen LogP contribution is -2.35. The molecule has 31 heavy (non-hydrogen) atoms. The van der Waals surface area contributed by atoms with Gasteiger partial charge < -0.3 is 14.7 Å². The molecule has 1 heterocycles. The Morgan fingerprint density at radius 2 is 1.81 bits per heavy atom. The lowest BCUT2D eigenvalue weighted by Gasteiger charge is -2.19. The third-order valence-corrected chi connectivity index (χ3v) is 6.38. The normalized spacial score (nSPS) is 10.7. The minimum Gasteiger partial charge on any atom is -0.361 e. The number of anilines is 1. The van der Waals surface area contributed by atoms with Gasteiger partial charge in [0.2, 0.25) is 5.91 Å². The van der Waals surface area contributed by atoms with Crippen LogP contribution in [0.4, 0.5) is 5.69 Å². The van der Waals surface area contributed by atoms with Crippen LogP contribution in [0.15, 0.2) is 51.9 Å². The Balaban J connectivity index is 1.68. The predicted octanol–water partition coefficient (Wildman–Crippen LogP) is 4.91. The third kappa shape index (κ3) is 5.35. The topological polar surface area (TPSA) is 75.4 Å². The number of carbonyl (C=O) groups excluding carboxylic acids is 2. The SMILES string of the molecule is Cc1cccc(NC(=O)CN(C)C(=O)c2ccccc2SCc2c(C)noc2C)c1C. The zero-order valence-electron chi connectivity index (χ0n) is 18.5. The fourth-order valence-corrected chi connectivity index (χ4v) is 4.39. The lowest BCUT2D eigenvalue weighted by molar-refractivity contribution is -0.116. The van der Waals surface area contributed by atoms with Crippen LogP contribution in [0.3, 0.4) is 0 Å². The number of nitrogens with one attached hydrogen (secondary N) is 1. The van der Waals surface area contributed by atoms with Crippen molar-refractivity contribution < 1.29 is 14.1 Å². The monoisotopic (exact) mass is 437 g/mol. The van der Waals surface area contributed by atoms with Crippen LogP contribution in [0, 0.1) is 27.7 Å². The van der Waals surface area contributed by atoms with Crippen LogP contribution in [-0.4, -0.2) is 35.5 Å². The van der Waals surface area contributed by atoms with E-state index >= 15 is 0 Å². The minimum absolute atomic E-state index is 0.0327. The Morgan fingerprint density at radius 1 is 1.06 bits per heavy atom. The summed E-state index contributed by atoms with van der Waals surface area (Å²) in [5.41, 5.74) is 5.35. The Bertz CT molecular complexity index is 1090. The number of aromatic nitrogens is 1. The molecule has 0 radical (unpaired) electrons. The fraction of sp³-hybridized carbons (Fsp3) is 0.292. The lowest BCUT2D eigenvalue weighted by atomic mass is 10.1. The van der Waals surface area contributed by atoms with Crippen molar-refractivity contribution in [1.29, 1.82) is 0 Å². The summed E-state index contributed by atoms with van der Waals surface area (Å²) in [6.45, 7) is 7.72. The molecule has 0 bridgehead atoms. The van der Waals surface area contributed by atoms with E-state index in [2.05, 4.69) is 10.5 Å². The second-order valence-electron chi connectivity index (χ2n) is 7.54.